The fraction of sp³-hybridized carbons (Fsp3) is 0.417. The molecule has 0 aromatic heterocycles. The summed E-state index contributed by atoms with van der Waals surface area (Å²) in [5.74, 6) is 0.0471. The van der Waals surface area contributed by atoms with Crippen molar-refractivity contribution < 1.29 is 19.4 Å². The second-order valence-corrected chi connectivity index (χ2v) is 4.49. The molecular weight excluding hydrogens is 302 g/mol. The first-order valence-corrected chi connectivity index (χ1v) is 6.27. The van der Waals surface area contributed by atoms with E-state index in [1.54, 1.807) is 12.1 Å². The molecule has 18 heavy (non-hydrogen) atoms. The number of aliphatic carboxylic acids is 1. The Hall–Kier alpha value is -1.27. The number of carbonyl (C=O) groups is 1. The van der Waals surface area contributed by atoms with Gasteiger partial charge in [-0.1, -0.05) is 15.9 Å². The van der Waals surface area contributed by atoms with Gasteiger partial charge in [0.1, 0.15) is 6.04 Å². The number of carboxylic acids is 1. The van der Waals surface area contributed by atoms with E-state index < -0.39 is 12.0 Å². The van der Waals surface area contributed by atoms with Crippen molar-refractivity contribution in [3.8, 4) is 11.5 Å². The van der Waals surface area contributed by atoms with E-state index in [0.717, 1.165) is 4.47 Å². The van der Waals surface area contributed by atoms with Gasteiger partial charge in [0.15, 0.2) is 11.5 Å². The van der Waals surface area contributed by atoms with E-state index in [0.29, 0.717) is 23.7 Å². The third-order valence-electron chi connectivity index (χ3n) is 2.42. The monoisotopic (exact) mass is 317 g/mol. The number of methoxy groups -OCH3 is 1. The van der Waals surface area contributed by atoms with E-state index in [4.69, 9.17) is 20.3 Å². The number of ether oxygens (including phenoxy) is 2. The van der Waals surface area contributed by atoms with Crippen molar-refractivity contribution in [3.63, 3.8) is 0 Å². The number of hydrogen-bond donors (Lipinski definition) is 2. The number of nitrogens with two attached hydrogens (primary N) is 1. The van der Waals surface area contributed by atoms with Crippen LogP contribution in [0.1, 0.15) is 12.5 Å². The Labute approximate surface area is 114 Å². The maximum Gasteiger partial charge on any atom is 0.320 e. The second kappa shape index (κ2) is 6.61. The molecule has 0 spiro atoms. The van der Waals surface area contributed by atoms with Crippen molar-refractivity contribution in [2.45, 2.75) is 19.4 Å². The third kappa shape index (κ3) is 3.36. The second-order valence-electron chi connectivity index (χ2n) is 3.64. The Morgan fingerprint density at radius 2 is 2.22 bits per heavy atom. The number of carboxylic acid groups (broad SMARTS) is 1. The highest BCUT2D eigenvalue weighted by Gasteiger charge is 2.20. The molecule has 0 fully saturated rings. The number of hydrogen-bond acceptors (Lipinski definition) is 4. The zero-order chi connectivity index (χ0) is 13.7. The number of halogens is 1. The van der Waals surface area contributed by atoms with Crippen LogP contribution < -0.4 is 15.2 Å². The average Bonchev–Trinajstić information content (AvgIpc) is 2.33. The summed E-state index contributed by atoms with van der Waals surface area (Å²) < 4.78 is 11.5. The van der Waals surface area contributed by atoms with E-state index in [1.807, 2.05) is 6.92 Å². The normalized spacial score (nSPS) is 12.0. The Bertz CT molecular complexity index is 436. The summed E-state index contributed by atoms with van der Waals surface area (Å²) in [4.78, 5) is 10.8. The SMILES string of the molecule is CCOc1c(OC)ccc(Br)c1CC(N)C(=O)O. The summed E-state index contributed by atoms with van der Waals surface area (Å²) in [7, 11) is 1.53. The highest BCUT2D eigenvalue weighted by atomic mass is 79.9. The van der Waals surface area contributed by atoms with Crippen LogP contribution in [0.5, 0.6) is 11.5 Å². The Kier molecular flexibility index (Phi) is 5.43. The lowest BCUT2D eigenvalue weighted by atomic mass is 10.0. The molecule has 1 aromatic rings. The van der Waals surface area contributed by atoms with Crippen LogP contribution >= 0.6 is 15.9 Å². The van der Waals surface area contributed by atoms with Crippen molar-refractivity contribution in [1.29, 1.82) is 0 Å². The summed E-state index contributed by atoms with van der Waals surface area (Å²) in [6.07, 6.45) is 0.169. The number of rotatable bonds is 6. The molecule has 0 saturated heterocycles. The van der Waals surface area contributed by atoms with Crippen LogP contribution in [0.15, 0.2) is 16.6 Å². The smallest absolute Gasteiger partial charge is 0.320 e. The maximum absolute atomic E-state index is 10.8. The lowest BCUT2D eigenvalue weighted by Crippen LogP contribution is -2.32. The Morgan fingerprint density at radius 3 is 2.72 bits per heavy atom. The molecule has 100 valence electrons. The summed E-state index contributed by atoms with van der Waals surface area (Å²) >= 11 is 3.37. The van der Waals surface area contributed by atoms with Crippen LogP contribution in [0.2, 0.25) is 0 Å². The lowest BCUT2D eigenvalue weighted by molar-refractivity contribution is -0.138. The highest BCUT2D eigenvalue weighted by Crippen LogP contribution is 2.36. The Balaban J connectivity index is 3.17. The minimum Gasteiger partial charge on any atom is -0.493 e. The quantitative estimate of drug-likeness (QED) is 0.836. The minimum atomic E-state index is -1.05. The van der Waals surface area contributed by atoms with Gasteiger partial charge in [-0.25, -0.2) is 0 Å². The predicted molar refractivity (Wildman–Crippen MR) is 71.2 cm³/mol. The van der Waals surface area contributed by atoms with Gasteiger partial charge in [0.2, 0.25) is 0 Å². The molecule has 0 amide bonds. The maximum atomic E-state index is 10.8. The van der Waals surface area contributed by atoms with Gasteiger partial charge in [0.05, 0.1) is 13.7 Å². The molecule has 6 heteroatoms. The van der Waals surface area contributed by atoms with Crippen molar-refractivity contribution in [2.24, 2.45) is 5.73 Å². The van der Waals surface area contributed by atoms with Crippen molar-refractivity contribution >= 4 is 21.9 Å². The van der Waals surface area contributed by atoms with Crippen LogP contribution in [-0.2, 0) is 11.2 Å². The highest BCUT2D eigenvalue weighted by molar-refractivity contribution is 9.10. The molecule has 0 aliphatic heterocycles. The van der Waals surface area contributed by atoms with Gasteiger partial charge in [-0.05, 0) is 19.1 Å². The van der Waals surface area contributed by atoms with Crippen LogP contribution in [-0.4, -0.2) is 30.8 Å². The van der Waals surface area contributed by atoms with Crippen LogP contribution in [0.3, 0.4) is 0 Å². The first-order valence-electron chi connectivity index (χ1n) is 5.47. The zero-order valence-electron chi connectivity index (χ0n) is 10.3. The van der Waals surface area contributed by atoms with Crippen LogP contribution in [0.25, 0.3) is 0 Å². The van der Waals surface area contributed by atoms with Gasteiger partial charge in [-0.2, -0.15) is 0 Å². The van der Waals surface area contributed by atoms with Gasteiger partial charge in [0, 0.05) is 16.5 Å². The average molecular weight is 318 g/mol. The molecule has 1 atom stereocenters. The summed E-state index contributed by atoms with van der Waals surface area (Å²) in [5, 5.41) is 8.87. The van der Waals surface area contributed by atoms with E-state index in [1.165, 1.54) is 7.11 Å². The molecule has 1 unspecified atom stereocenters. The lowest BCUT2D eigenvalue weighted by Gasteiger charge is -2.17. The fourth-order valence-electron chi connectivity index (χ4n) is 1.54. The number of benzene rings is 1. The van der Waals surface area contributed by atoms with Crippen LogP contribution in [0, 0.1) is 0 Å². The molecule has 0 aliphatic rings. The van der Waals surface area contributed by atoms with Crippen molar-refractivity contribution in [1.82, 2.24) is 0 Å². The van der Waals surface area contributed by atoms with Gasteiger partial charge in [0.25, 0.3) is 0 Å². The standard InChI is InChI=1S/C12H16BrNO4/c1-3-18-11-7(6-9(14)12(15)16)8(13)4-5-10(11)17-2/h4-5,9H,3,6,14H2,1-2H3,(H,15,16). The molecule has 0 radical (unpaired) electrons. The van der Waals surface area contributed by atoms with Gasteiger partial charge >= 0.3 is 5.97 Å². The summed E-state index contributed by atoms with van der Waals surface area (Å²) in [6.45, 7) is 2.31. The molecule has 5 nitrogen and oxygen atoms in total. The van der Waals surface area contributed by atoms with Gasteiger partial charge < -0.3 is 20.3 Å². The zero-order valence-corrected chi connectivity index (χ0v) is 11.9. The van der Waals surface area contributed by atoms with Crippen molar-refractivity contribution in [3.05, 3.63) is 22.2 Å². The molecular formula is C12H16BrNO4. The minimum absolute atomic E-state index is 0.169. The molecule has 0 saturated carbocycles. The largest absolute Gasteiger partial charge is 0.493 e. The Morgan fingerprint density at radius 1 is 1.56 bits per heavy atom. The molecule has 3 N–H and O–H groups in total. The van der Waals surface area contributed by atoms with Gasteiger partial charge in [-0.15, -0.1) is 0 Å². The molecule has 0 bridgehead atoms. The molecule has 1 aromatic carbocycles. The first kappa shape index (κ1) is 14.8. The van der Waals surface area contributed by atoms with Crippen molar-refractivity contribution in [2.75, 3.05) is 13.7 Å². The topological polar surface area (TPSA) is 81.8 Å². The van der Waals surface area contributed by atoms with E-state index in [9.17, 15) is 4.79 Å². The van der Waals surface area contributed by atoms with E-state index >= 15 is 0 Å². The summed E-state index contributed by atoms with van der Waals surface area (Å²) in [6, 6.07) is 2.56. The van der Waals surface area contributed by atoms with Crippen LogP contribution in [0.4, 0.5) is 0 Å². The summed E-state index contributed by atoms with van der Waals surface area (Å²) in [5.41, 5.74) is 6.26. The third-order valence-corrected chi connectivity index (χ3v) is 3.16. The van der Waals surface area contributed by atoms with E-state index in [2.05, 4.69) is 15.9 Å². The molecule has 0 aliphatic carbocycles. The van der Waals surface area contributed by atoms with Gasteiger partial charge in [-0.3, -0.25) is 4.79 Å². The fourth-order valence-corrected chi connectivity index (χ4v) is 2.02. The molecule has 0 heterocycles. The molecule has 1 rings (SSSR count). The van der Waals surface area contributed by atoms with E-state index in [-0.39, 0.29) is 6.42 Å². The predicted octanol–water partition coefficient (Wildman–Crippen LogP) is 1.81. The first-order chi connectivity index (χ1) is 8.51.